The van der Waals surface area contributed by atoms with Crippen molar-refractivity contribution in [2.45, 2.75) is 32.9 Å². The van der Waals surface area contributed by atoms with E-state index in [0.717, 1.165) is 0 Å². The first kappa shape index (κ1) is 19.0. The van der Waals surface area contributed by atoms with Crippen molar-refractivity contribution in [3.8, 4) is 17.0 Å². The summed E-state index contributed by atoms with van der Waals surface area (Å²) in [4.78, 5) is 15.6. The topological polar surface area (TPSA) is 60.5 Å². The maximum atomic E-state index is 14.3. The summed E-state index contributed by atoms with van der Waals surface area (Å²) in [6.45, 7) is 5.31. The molecule has 0 aliphatic carbocycles. The second-order valence-corrected chi connectivity index (χ2v) is 6.77. The zero-order chi connectivity index (χ0) is 18.6. The predicted octanol–water partition coefficient (Wildman–Crippen LogP) is 4.57. The fraction of sp³-hybridized carbons (Fsp3) is 0.333. The van der Waals surface area contributed by atoms with Gasteiger partial charge in [-0.05, 0) is 44.0 Å². The van der Waals surface area contributed by atoms with Crippen LogP contribution in [0.2, 0.25) is 5.15 Å². The van der Waals surface area contributed by atoms with Gasteiger partial charge in [0.15, 0.2) is 0 Å². The summed E-state index contributed by atoms with van der Waals surface area (Å²) < 4.78 is 24.5. The third-order valence-electron chi connectivity index (χ3n) is 3.19. The van der Waals surface area contributed by atoms with E-state index in [1.165, 1.54) is 13.2 Å². The van der Waals surface area contributed by atoms with Crippen LogP contribution in [0.4, 0.5) is 9.18 Å². The summed E-state index contributed by atoms with van der Waals surface area (Å²) in [5.74, 6) is -0.0981. The van der Waals surface area contributed by atoms with E-state index < -0.39 is 17.5 Å². The third kappa shape index (κ3) is 5.60. The molecular formula is C18H20ClFN2O3. The summed E-state index contributed by atoms with van der Waals surface area (Å²) in [5.41, 5.74) is 1.05. The average molecular weight is 367 g/mol. The number of carbonyl (C=O) groups excluding carboxylic acids is 1. The SMILES string of the molecule is COc1cc(-c2ccc(CNC(=O)OC(C)(C)C)c(F)c2)cc(Cl)n1. The van der Waals surface area contributed by atoms with E-state index in [4.69, 9.17) is 21.1 Å². The predicted molar refractivity (Wildman–Crippen MR) is 94.3 cm³/mol. The zero-order valence-electron chi connectivity index (χ0n) is 14.5. The zero-order valence-corrected chi connectivity index (χ0v) is 15.3. The smallest absolute Gasteiger partial charge is 0.407 e. The van der Waals surface area contributed by atoms with Crippen LogP contribution < -0.4 is 10.1 Å². The number of benzene rings is 1. The fourth-order valence-electron chi connectivity index (χ4n) is 2.10. The molecule has 0 aliphatic rings. The number of hydrogen-bond donors (Lipinski definition) is 1. The lowest BCUT2D eigenvalue weighted by Crippen LogP contribution is -2.32. The van der Waals surface area contributed by atoms with Crippen molar-refractivity contribution in [1.29, 1.82) is 0 Å². The number of nitrogens with one attached hydrogen (secondary N) is 1. The monoisotopic (exact) mass is 366 g/mol. The van der Waals surface area contributed by atoms with Crippen molar-refractivity contribution in [3.63, 3.8) is 0 Å². The minimum Gasteiger partial charge on any atom is -0.481 e. The number of methoxy groups -OCH3 is 1. The number of pyridine rings is 1. The van der Waals surface area contributed by atoms with Crippen molar-refractivity contribution in [2.75, 3.05) is 7.11 Å². The maximum Gasteiger partial charge on any atom is 0.407 e. The number of alkyl carbamates (subject to hydrolysis) is 1. The summed E-state index contributed by atoms with van der Waals surface area (Å²) in [6, 6.07) is 8.00. The van der Waals surface area contributed by atoms with Gasteiger partial charge in [0.25, 0.3) is 0 Å². The molecule has 1 amide bonds. The molecule has 0 saturated heterocycles. The van der Waals surface area contributed by atoms with Gasteiger partial charge in [-0.1, -0.05) is 23.7 Å². The Hall–Kier alpha value is -2.34. The highest BCUT2D eigenvalue weighted by Crippen LogP contribution is 2.27. The highest BCUT2D eigenvalue weighted by molar-refractivity contribution is 6.29. The first-order valence-electron chi connectivity index (χ1n) is 7.65. The molecule has 0 unspecified atom stereocenters. The summed E-state index contributed by atoms with van der Waals surface area (Å²) in [6.07, 6.45) is -0.596. The first-order chi connectivity index (χ1) is 11.7. The highest BCUT2D eigenvalue weighted by Gasteiger charge is 2.16. The molecule has 0 radical (unpaired) electrons. The van der Waals surface area contributed by atoms with Crippen LogP contribution in [0, 0.1) is 5.82 Å². The Morgan fingerprint density at radius 1 is 1.24 bits per heavy atom. The lowest BCUT2D eigenvalue weighted by Gasteiger charge is -2.19. The molecule has 5 nitrogen and oxygen atoms in total. The molecular weight excluding hydrogens is 347 g/mol. The van der Waals surface area contributed by atoms with E-state index >= 15 is 0 Å². The minimum atomic E-state index is -0.605. The summed E-state index contributed by atoms with van der Waals surface area (Å²) in [5, 5.41) is 2.79. The van der Waals surface area contributed by atoms with Crippen LogP contribution in [0.3, 0.4) is 0 Å². The molecule has 0 aliphatic heterocycles. The van der Waals surface area contributed by atoms with E-state index in [2.05, 4.69) is 10.3 Å². The highest BCUT2D eigenvalue weighted by atomic mass is 35.5. The molecule has 0 spiro atoms. The molecule has 1 aromatic heterocycles. The van der Waals surface area contributed by atoms with E-state index in [0.29, 0.717) is 22.6 Å². The molecule has 1 aromatic carbocycles. The quantitative estimate of drug-likeness (QED) is 0.805. The molecule has 2 aromatic rings. The van der Waals surface area contributed by atoms with Gasteiger partial charge in [0.1, 0.15) is 16.6 Å². The van der Waals surface area contributed by atoms with E-state index in [-0.39, 0.29) is 11.7 Å². The number of hydrogen-bond acceptors (Lipinski definition) is 4. The van der Waals surface area contributed by atoms with Crippen LogP contribution in [0.1, 0.15) is 26.3 Å². The fourth-order valence-corrected chi connectivity index (χ4v) is 2.30. The molecule has 25 heavy (non-hydrogen) atoms. The molecule has 1 heterocycles. The molecule has 2 rings (SSSR count). The van der Waals surface area contributed by atoms with Gasteiger partial charge >= 0.3 is 6.09 Å². The minimum absolute atomic E-state index is 0.0292. The largest absolute Gasteiger partial charge is 0.481 e. The van der Waals surface area contributed by atoms with Crippen molar-refractivity contribution >= 4 is 17.7 Å². The molecule has 134 valence electrons. The Bertz CT molecular complexity index is 775. The second-order valence-electron chi connectivity index (χ2n) is 6.38. The molecule has 1 N–H and O–H groups in total. The van der Waals surface area contributed by atoms with Gasteiger partial charge in [0.2, 0.25) is 5.88 Å². The van der Waals surface area contributed by atoms with E-state index in [1.807, 2.05) is 0 Å². The Morgan fingerprint density at radius 2 is 1.96 bits per heavy atom. The average Bonchev–Trinajstić information content (AvgIpc) is 2.51. The Balaban J connectivity index is 2.13. The molecule has 0 fully saturated rings. The molecule has 0 atom stereocenters. The molecule has 0 bridgehead atoms. The number of ether oxygens (including phenoxy) is 2. The number of rotatable bonds is 4. The van der Waals surface area contributed by atoms with Crippen molar-refractivity contribution < 1.29 is 18.7 Å². The summed E-state index contributed by atoms with van der Waals surface area (Å²) >= 11 is 5.94. The Morgan fingerprint density at radius 3 is 2.56 bits per heavy atom. The van der Waals surface area contributed by atoms with Crippen LogP contribution in [-0.2, 0) is 11.3 Å². The number of halogens is 2. The van der Waals surface area contributed by atoms with Crippen molar-refractivity contribution in [2.24, 2.45) is 0 Å². The Labute approximate surface area is 151 Å². The van der Waals surface area contributed by atoms with Crippen LogP contribution in [0.25, 0.3) is 11.1 Å². The molecule has 0 saturated carbocycles. The van der Waals surface area contributed by atoms with Crippen molar-refractivity contribution in [1.82, 2.24) is 10.3 Å². The van der Waals surface area contributed by atoms with E-state index in [9.17, 15) is 9.18 Å². The van der Waals surface area contributed by atoms with Crippen molar-refractivity contribution in [3.05, 3.63) is 46.9 Å². The second kappa shape index (κ2) is 7.70. The standard InChI is InChI=1S/C18H20ClFN2O3/c1-18(2,3)25-17(23)21-10-12-6-5-11(7-14(12)20)13-8-15(19)22-16(9-13)24-4/h5-9H,10H2,1-4H3,(H,21,23). The van der Waals surface area contributed by atoms with Gasteiger partial charge in [-0.3, -0.25) is 0 Å². The van der Waals surface area contributed by atoms with Gasteiger partial charge in [-0.25, -0.2) is 14.2 Å². The van der Waals surface area contributed by atoms with Crippen LogP contribution >= 0.6 is 11.6 Å². The van der Waals surface area contributed by atoms with Crippen LogP contribution in [0.15, 0.2) is 30.3 Å². The van der Waals surface area contributed by atoms with Crippen LogP contribution in [-0.4, -0.2) is 23.8 Å². The summed E-state index contributed by atoms with van der Waals surface area (Å²) in [7, 11) is 1.48. The van der Waals surface area contributed by atoms with Gasteiger partial charge in [0, 0.05) is 18.2 Å². The first-order valence-corrected chi connectivity index (χ1v) is 8.03. The lowest BCUT2D eigenvalue weighted by atomic mass is 10.0. The molecule has 7 heteroatoms. The van der Waals surface area contributed by atoms with Gasteiger partial charge < -0.3 is 14.8 Å². The number of aromatic nitrogens is 1. The van der Waals surface area contributed by atoms with E-state index in [1.54, 1.807) is 45.0 Å². The lowest BCUT2D eigenvalue weighted by molar-refractivity contribution is 0.0523. The number of amides is 1. The third-order valence-corrected chi connectivity index (χ3v) is 3.38. The number of nitrogens with zero attached hydrogens (tertiary/aromatic N) is 1. The Kier molecular flexibility index (Phi) is 5.85. The number of carbonyl (C=O) groups is 1. The van der Waals surface area contributed by atoms with Gasteiger partial charge in [0.05, 0.1) is 7.11 Å². The normalized spacial score (nSPS) is 11.1. The van der Waals surface area contributed by atoms with Gasteiger partial charge in [-0.15, -0.1) is 0 Å². The van der Waals surface area contributed by atoms with Gasteiger partial charge in [-0.2, -0.15) is 0 Å². The maximum absolute atomic E-state index is 14.3. The van der Waals surface area contributed by atoms with Crippen LogP contribution in [0.5, 0.6) is 5.88 Å².